The first-order chi connectivity index (χ1) is 37.0. The standard InChI is InChI=1S/C56H68FN9O11S/c1-32-48(78-31-62-32)35-13-14-36(28-61-51(73)42-26-37(67)29-66(42)53(75)49(55(2,3)4)64-54(76)56(57)19-20-56)45(25-35)77-30-47(71)59-21-9-8-12-46(70)60-22-23-65(5)52(74)39-17-15-34(24-44(39)69)43(68)27-40(58)50(72)63-41-18-16-33-10-6-7-11-38(33)41/h6-7,10-11,13-15,17,24-25,27,31,37,41-42,49,58,67-69H,8-9,12,16,18-23,26,28-30H2,1-5H3,(H,59,71)(H,60,70)(H,61,73)(H,63,72)(H,64,76)/b43-27-,58-40?/t37-,41?,42+,49?/m1/s1. The number of aryl methyl sites for hydroxylation is 2. The molecule has 1 aliphatic heterocycles. The van der Waals surface area contributed by atoms with Crippen molar-refractivity contribution in [3.63, 3.8) is 0 Å². The molecule has 0 spiro atoms. The maximum absolute atomic E-state index is 14.7. The van der Waals surface area contributed by atoms with Crippen LogP contribution in [0, 0.1) is 17.7 Å². The van der Waals surface area contributed by atoms with Crippen molar-refractivity contribution in [2.24, 2.45) is 5.41 Å². The molecule has 9 N–H and O–H groups in total. The van der Waals surface area contributed by atoms with Gasteiger partial charge >= 0.3 is 0 Å². The van der Waals surface area contributed by atoms with Crippen LogP contribution in [0.5, 0.6) is 11.5 Å². The van der Waals surface area contributed by atoms with Crippen molar-refractivity contribution in [2.45, 2.75) is 116 Å². The number of aliphatic hydroxyl groups excluding tert-OH is 2. The highest BCUT2D eigenvalue weighted by molar-refractivity contribution is 7.13. The fraction of sp³-hybridized carbons (Fsp3) is 0.446. The summed E-state index contributed by atoms with van der Waals surface area (Å²) in [6.07, 6.45) is 2.61. The zero-order valence-corrected chi connectivity index (χ0v) is 45.2. The van der Waals surface area contributed by atoms with Gasteiger partial charge in [0.1, 0.15) is 35.1 Å². The second kappa shape index (κ2) is 25.2. The number of aromatic nitrogens is 1. The average molecular weight is 1090 g/mol. The van der Waals surface area contributed by atoms with Gasteiger partial charge in [-0.05, 0) is 85.8 Å². The van der Waals surface area contributed by atoms with E-state index in [2.05, 4.69) is 31.6 Å². The van der Waals surface area contributed by atoms with Crippen LogP contribution in [0.4, 0.5) is 4.39 Å². The number of phenolic OH excluding ortho intramolecular Hbond substituents is 1. The van der Waals surface area contributed by atoms with Crippen LogP contribution in [0.25, 0.3) is 16.2 Å². The molecule has 2 heterocycles. The number of hydrogen-bond donors (Lipinski definition) is 9. The Kier molecular flexibility index (Phi) is 18.7. The van der Waals surface area contributed by atoms with Gasteiger partial charge in [0.2, 0.25) is 17.7 Å². The topological polar surface area (TPSA) is 293 Å². The number of aromatic hydroxyl groups is 1. The number of phenols is 1. The fourth-order valence-corrected chi connectivity index (χ4v) is 10.1. The van der Waals surface area contributed by atoms with Crippen molar-refractivity contribution >= 4 is 64.2 Å². The zero-order valence-electron chi connectivity index (χ0n) is 44.4. The van der Waals surface area contributed by atoms with Crippen LogP contribution < -0.4 is 31.3 Å². The summed E-state index contributed by atoms with van der Waals surface area (Å²) in [6.45, 7) is 6.90. The Morgan fingerprint density at radius 2 is 1.74 bits per heavy atom. The van der Waals surface area contributed by atoms with E-state index in [9.17, 15) is 53.3 Å². The number of ether oxygens (including phenoxy) is 1. The lowest BCUT2D eigenvalue weighted by molar-refractivity contribution is -0.145. The maximum Gasteiger partial charge on any atom is 0.269 e. The molecule has 4 atom stereocenters. The first kappa shape index (κ1) is 58.0. The van der Waals surface area contributed by atoms with Crippen molar-refractivity contribution in [1.82, 2.24) is 41.4 Å². The van der Waals surface area contributed by atoms with Crippen molar-refractivity contribution in [3.8, 4) is 21.9 Å². The lowest BCUT2D eigenvalue weighted by Gasteiger charge is -2.35. The van der Waals surface area contributed by atoms with Gasteiger partial charge in [0.15, 0.2) is 12.3 Å². The highest BCUT2D eigenvalue weighted by atomic mass is 32.1. The number of rotatable bonds is 23. The molecule has 0 radical (unpaired) electrons. The molecule has 22 heteroatoms. The third-order valence-corrected chi connectivity index (χ3v) is 15.0. The molecule has 1 aromatic heterocycles. The van der Waals surface area contributed by atoms with E-state index in [1.54, 1.807) is 38.4 Å². The monoisotopic (exact) mass is 1090 g/mol. The minimum absolute atomic E-state index is 0.0530. The molecule has 78 heavy (non-hydrogen) atoms. The summed E-state index contributed by atoms with van der Waals surface area (Å²) in [7, 11) is 1.50. The summed E-state index contributed by atoms with van der Waals surface area (Å²) in [5, 5.41) is 54.0. The summed E-state index contributed by atoms with van der Waals surface area (Å²) in [6, 6.07) is 14.5. The number of fused-ring (bicyclic) bond motifs is 1. The van der Waals surface area contributed by atoms with Crippen LogP contribution in [0.15, 0.2) is 72.3 Å². The molecule has 7 amide bonds. The van der Waals surface area contributed by atoms with E-state index in [4.69, 9.17) is 10.1 Å². The number of alkyl halides is 1. The van der Waals surface area contributed by atoms with Crippen LogP contribution in [0.2, 0.25) is 0 Å². The number of hydrogen-bond acceptors (Lipinski definition) is 14. The van der Waals surface area contributed by atoms with Crippen molar-refractivity contribution in [1.29, 1.82) is 5.41 Å². The lowest BCUT2D eigenvalue weighted by atomic mass is 9.85. The quantitative estimate of drug-likeness (QED) is 0.0277. The van der Waals surface area contributed by atoms with E-state index in [1.807, 2.05) is 37.3 Å². The lowest BCUT2D eigenvalue weighted by Crippen LogP contribution is -2.59. The number of nitrogens with one attached hydrogen (secondary N) is 6. The van der Waals surface area contributed by atoms with Crippen molar-refractivity contribution < 1.29 is 58.0 Å². The molecule has 7 rings (SSSR count). The Morgan fingerprint density at radius 1 is 1.00 bits per heavy atom. The molecule has 1 saturated carbocycles. The number of halogens is 1. The number of benzene rings is 3. The van der Waals surface area contributed by atoms with Crippen LogP contribution in [-0.4, -0.2) is 141 Å². The van der Waals surface area contributed by atoms with Crippen LogP contribution >= 0.6 is 11.3 Å². The molecule has 3 aromatic carbocycles. The molecular formula is C56H68FN9O11S. The molecule has 3 aliphatic rings. The van der Waals surface area contributed by atoms with Gasteiger partial charge in [-0.3, -0.25) is 39.0 Å². The molecule has 416 valence electrons. The summed E-state index contributed by atoms with van der Waals surface area (Å²) >= 11 is 1.42. The number of carbonyl (C=O) groups excluding carboxylic acids is 7. The average Bonchev–Trinajstić information content (AvgIpc) is 3.65. The minimum atomic E-state index is -2.02. The maximum atomic E-state index is 14.7. The van der Waals surface area contributed by atoms with E-state index in [0.717, 1.165) is 45.8 Å². The van der Waals surface area contributed by atoms with Gasteiger partial charge in [-0.1, -0.05) is 63.2 Å². The van der Waals surface area contributed by atoms with Crippen LogP contribution in [0.1, 0.15) is 110 Å². The van der Waals surface area contributed by atoms with E-state index < -0.39 is 81.9 Å². The number of aliphatic hydroxyl groups is 2. The Morgan fingerprint density at radius 3 is 2.45 bits per heavy atom. The smallest absolute Gasteiger partial charge is 0.269 e. The SMILES string of the molecule is Cc1ncsc1-c1ccc(CNC(=O)[C@@H]2C[C@@H](O)CN2C(=O)C(NC(=O)C2(F)CC2)C(C)(C)C)c(OCC(=O)NCCCCC(=O)NCCN(C)C(=O)c2ccc(/C(O)=C/C(=N)C(=O)NC3CCc4ccccc43)cc2O)c1. The highest BCUT2D eigenvalue weighted by Crippen LogP contribution is 2.41. The third-order valence-electron chi connectivity index (χ3n) is 14.0. The summed E-state index contributed by atoms with van der Waals surface area (Å²) in [5.41, 5.74) is 2.61. The van der Waals surface area contributed by atoms with Gasteiger partial charge in [0.05, 0.1) is 33.8 Å². The zero-order chi connectivity index (χ0) is 56.5. The van der Waals surface area contributed by atoms with Crippen LogP contribution in [0.3, 0.4) is 0 Å². The second-order valence-corrected chi connectivity index (χ2v) is 21.9. The van der Waals surface area contributed by atoms with E-state index in [1.165, 1.54) is 40.3 Å². The Hall–Kier alpha value is -7.72. The van der Waals surface area contributed by atoms with Gasteiger partial charge in [-0.25, -0.2) is 9.37 Å². The fourth-order valence-electron chi connectivity index (χ4n) is 9.26. The molecule has 2 aliphatic carbocycles. The van der Waals surface area contributed by atoms with E-state index in [-0.39, 0.29) is 88.1 Å². The number of β-amino-alcohol motifs (C(OH)–C–C–N with tert-alkyl or cyclic N) is 1. The van der Waals surface area contributed by atoms with Gasteiger partial charge in [-0.15, -0.1) is 11.3 Å². The number of thiazole rings is 1. The molecule has 20 nitrogen and oxygen atoms in total. The van der Waals surface area contributed by atoms with Crippen molar-refractivity contribution in [3.05, 3.63) is 106 Å². The van der Waals surface area contributed by atoms with Crippen molar-refractivity contribution in [2.75, 3.05) is 39.8 Å². The summed E-state index contributed by atoms with van der Waals surface area (Å²) in [4.78, 5) is 99.7. The number of amides is 7. The Balaban J connectivity index is 0.829. The van der Waals surface area contributed by atoms with Crippen LogP contribution in [-0.2, 0) is 41.7 Å². The number of likely N-dealkylation sites (tertiary alicyclic amines) is 1. The second-order valence-electron chi connectivity index (χ2n) is 21.1. The first-order valence-corrected chi connectivity index (χ1v) is 26.8. The van der Waals surface area contributed by atoms with E-state index in [0.29, 0.717) is 30.6 Å². The number of nitrogens with zero attached hydrogens (tertiary/aromatic N) is 3. The molecule has 2 unspecified atom stereocenters. The number of likely N-dealkylation sites (N-methyl/N-ethyl adjacent to an activating group) is 1. The summed E-state index contributed by atoms with van der Waals surface area (Å²) < 4.78 is 20.7. The van der Waals surface area contributed by atoms with E-state index >= 15 is 0 Å². The highest BCUT2D eigenvalue weighted by Gasteiger charge is 2.53. The summed E-state index contributed by atoms with van der Waals surface area (Å²) in [5.74, 6) is -4.53. The molecule has 0 bridgehead atoms. The molecular weight excluding hydrogens is 1030 g/mol. The first-order valence-electron chi connectivity index (χ1n) is 26.0. The number of carbonyl (C=O) groups is 7. The van der Waals surface area contributed by atoms with Gasteiger partial charge < -0.3 is 56.4 Å². The molecule has 4 aromatic rings. The van der Waals surface area contributed by atoms with Gasteiger partial charge in [-0.2, -0.15) is 0 Å². The largest absolute Gasteiger partial charge is 0.507 e. The van der Waals surface area contributed by atoms with Gasteiger partial charge in [0.25, 0.3) is 23.6 Å². The normalized spacial score (nSPS) is 17.8. The van der Waals surface area contributed by atoms with Gasteiger partial charge in [0, 0.05) is 69.8 Å². The molecule has 2 fully saturated rings. The number of unbranched alkanes of at least 4 members (excludes halogenated alkanes) is 1. The minimum Gasteiger partial charge on any atom is -0.507 e. The Labute approximate surface area is 455 Å². The molecule has 1 saturated heterocycles. The predicted octanol–water partition coefficient (Wildman–Crippen LogP) is 4.71. The third kappa shape index (κ3) is 14.6. The predicted molar refractivity (Wildman–Crippen MR) is 289 cm³/mol. The Bertz CT molecular complexity index is 2970.